The fourth-order valence-corrected chi connectivity index (χ4v) is 2.90. The van der Waals surface area contributed by atoms with Gasteiger partial charge < -0.3 is 14.4 Å². The van der Waals surface area contributed by atoms with Crippen molar-refractivity contribution in [3.8, 4) is 22.9 Å². The van der Waals surface area contributed by atoms with Gasteiger partial charge in [-0.1, -0.05) is 24.3 Å². The average Bonchev–Trinajstić information content (AvgIpc) is 2.71. The van der Waals surface area contributed by atoms with Crippen LogP contribution in [-0.2, 0) is 14.3 Å². The van der Waals surface area contributed by atoms with E-state index in [1.165, 1.54) is 4.90 Å². The highest BCUT2D eigenvalue weighted by Crippen LogP contribution is 2.23. The first-order valence-corrected chi connectivity index (χ1v) is 9.84. The number of amides is 1. The van der Waals surface area contributed by atoms with Gasteiger partial charge in [0.05, 0.1) is 24.7 Å². The van der Waals surface area contributed by atoms with Crippen LogP contribution in [0.2, 0.25) is 0 Å². The first-order chi connectivity index (χ1) is 14.2. The summed E-state index contributed by atoms with van der Waals surface area (Å²) in [6.07, 6.45) is 1.33. The highest BCUT2D eigenvalue weighted by molar-refractivity contribution is 5.71. The van der Waals surface area contributed by atoms with Crippen molar-refractivity contribution in [3.63, 3.8) is 0 Å². The van der Waals surface area contributed by atoms with Crippen LogP contribution in [0.5, 0.6) is 5.75 Å². The Labute approximate surface area is 178 Å². The second kappa shape index (κ2) is 10.4. The van der Waals surface area contributed by atoms with Gasteiger partial charge in [0.15, 0.2) is 0 Å². The fraction of sp³-hybridized carbons (Fsp3) is 0.375. The molecule has 0 aliphatic heterocycles. The molecule has 0 aliphatic carbocycles. The van der Waals surface area contributed by atoms with Crippen molar-refractivity contribution in [3.05, 3.63) is 54.1 Å². The van der Waals surface area contributed by atoms with E-state index in [0.717, 1.165) is 11.1 Å². The molecule has 0 heterocycles. The number of esters is 1. The van der Waals surface area contributed by atoms with Gasteiger partial charge in [-0.3, -0.25) is 9.59 Å². The molecular formula is C24H28N2O4. The number of hydrogen-bond acceptors (Lipinski definition) is 5. The number of ether oxygens (including phenoxy) is 2. The Balaban J connectivity index is 1.91. The minimum absolute atomic E-state index is 0.119. The topological polar surface area (TPSA) is 79.6 Å². The van der Waals surface area contributed by atoms with Gasteiger partial charge in [0.2, 0.25) is 6.41 Å². The van der Waals surface area contributed by atoms with Crippen molar-refractivity contribution < 1.29 is 19.1 Å². The van der Waals surface area contributed by atoms with Crippen LogP contribution < -0.4 is 4.74 Å². The molecule has 0 saturated carbocycles. The van der Waals surface area contributed by atoms with E-state index in [1.807, 2.05) is 57.2 Å². The molecular weight excluding hydrogens is 380 g/mol. The summed E-state index contributed by atoms with van der Waals surface area (Å²) in [5, 5.41) is 8.89. The summed E-state index contributed by atoms with van der Waals surface area (Å²) >= 11 is 0. The molecule has 0 fully saturated rings. The Bertz CT molecular complexity index is 877. The smallest absolute Gasteiger partial charge is 0.308 e. The largest absolute Gasteiger partial charge is 0.494 e. The molecule has 1 unspecified atom stereocenters. The molecule has 0 bridgehead atoms. The number of nitrogens with zero attached hydrogens (tertiary/aromatic N) is 2. The number of hydrogen-bond donors (Lipinski definition) is 0. The summed E-state index contributed by atoms with van der Waals surface area (Å²) in [7, 11) is 1.65. The summed E-state index contributed by atoms with van der Waals surface area (Å²) in [5.41, 5.74) is 2.11. The summed E-state index contributed by atoms with van der Waals surface area (Å²) in [5.74, 6) is 0.366. The number of carbonyl (C=O) groups is 2. The third-order valence-corrected chi connectivity index (χ3v) is 4.49. The normalized spacial score (nSPS) is 11.8. The molecule has 1 atom stereocenters. The first kappa shape index (κ1) is 23.0. The first-order valence-electron chi connectivity index (χ1n) is 9.84. The molecule has 0 saturated heterocycles. The molecule has 0 N–H and O–H groups in total. The zero-order valence-electron chi connectivity index (χ0n) is 17.9. The van der Waals surface area contributed by atoms with Crippen LogP contribution in [0.25, 0.3) is 11.1 Å². The molecule has 158 valence electrons. The van der Waals surface area contributed by atoms with Crippen molar-refractivity contribution in [2.45, 2.75) is 45.3 Å². The lowest BCUT2D eigenvalue weighted by Crippen LogP contribution is -2.36. The molecule has 2 rings (SSSR count). The van der Waals surface area contributed by atoms with Crippen molar-refractivity contribution in [1.29, 1.82) is 5.26 Å². The third-order valence-electron chi connectivity index (χ3n) is 4.49. The molecule has 0 aromatic heterocycles. The minimum atomic E-state index is -0.561. The van der Waals surface area contributed by atoms with Crippen molar-refractivity contribution >= 4 is 12.4 Å². The number of benzene rings is 2. The molecule has 0 aliphatic rings. The number of carbonyl (C=O) groups excluding carboxylic acids is 2. The Kier molecular flexibility index (Phi) is 7.99. The molecule has 30 heavy (non-hydrogen) atoms. The molecule has 6 nitrogen and oxygen atoms in total. The van der Waals surface area contributed by atoms with Crippen LogP contribution in [-0.4, -0.2) is 42.6 Å². The van der Waals surface area contributed by atoms with Crippen LogP contribution in [0.3, 0.4) is 0 Å². The van der Waals surface area contributed by atoms with Gasteiger partial charge in [-0.15, -0.1) is 0 Å². The van der Waals surface area contributed by atoms with E-state index in [0.29, 0.717) is 30.8 Å². The van der Waals surface area contributed by atoms with Crippen LogP contribution in [0.4, 0.5) is 0 Å². The second-order valence-electron chi connectivity index (χ2n) is 8.07. The number of nitriles is 1. The number of rotatable bonds is 9. The predicted molar refractivity (Wildman–Crippen MR) is 115 cm³/mol. The maximum atomic E-state index is 12.1. The van der Waals surface area contributed by atoms with E-state index in [2.05, 4.69) is 6.07 Å². The van der Waals surface area contributed by atoms with Crippen molar-refractivity contribution in [2.75, 3.05) is 13.7 Å². The molecule has 6 heteroatoms. The van der Waals surface area contributed by atoms with Gasteiger partial charge in [-0.2, -0.15) is 5.26 Å². The monoisotopic (exact) mass is 408 g/mol. The average molecular weight is 408 g/mol. The van der Waals surface area contributed by atoms with Crippen molar-refractivity contribution in [2.24, 2.45) is 0 Å². The standard InChI is InChI=1S/C24H28N2O4/c1-24(2,3)30-23(28)15-21(26(4)17-27)13-14-29-22-11-9-20(10-12-22)19-7-5-18(16-25)6-8-19/h5-12,17,21H,13-15H2,1-4H3. The van der Waals surface area contributed by atoms with E-state index in [9.17, 15) is 9.59 Å². The SMILES string of the molecule is CN(C=O)C(CCOc1ccc(-c2ccc(C#N)cc2)cc1)CC(=O)OC(C)(C)C. The van der Waals surface area contributed by atoms with Gasteiger partial charge in [-0.05, 0) is 56.2 Å². The Morgan fingerprint density at radius 2 is 1.67 bits per heavy atom. The summed E-state index contributed by atoms with van der Waals surface area (Å²) in [6.45, 7) is 5.80. The van der Waals surface area contributed by atoms with E-state index >= 15 is 0 Å². The van der Waals surface area contributed by atoms with Gasteiger partial charge in [-0.25, -0.2) is 0 Å². The lowest BCUT2D eigenvalue weighted by Gasteiger charge is -2.26. The molecule has 0 radical (unpaired) electrons. The molecule has 2 aromatic carbocycles. The van der Waals surface area contributed by atoms with E-state index in [-0.39, 0.29) is 18.4 Å². The van der Waals surface area contributed by atoms with Gasteiger partial charge in [0.25, 0.3) is 0 Å². The Morgan fingerprint density at radius 3 is 2.17 bits per heavy atom. The Morgan fingerprint density at radius 1 is 1.10 bits per heavy atom. The van der Waals surface area contributed by atoms with Crippen LogP contribution in [0.15, 0.2) is 48.5 Å². The minimum Gasteiger partial charge on any atom is -0.494 e. The highest BCUT2D eigenvalue weighted by atomic mass is 16.6. The maximum Gasteiger partial charge on any atom is 0.308 e. The Hall–Kier alpha value is -3.33. The third kappa shape index (κ3) is 7.25. The fourth-order valence-electron chi connectivity index (χ4n) is 2.90. The quantitative estimate of drug-likeness (QED) is 0.459. The molecule has 2 aromatic rings. The van der Waals surface area contributed by atoms with E-state index in [4.69, 9.17) is 14.7 Å². The van der Waals surface area contributed by atoms with Crippen LogP contribution in [0, 0.1) is 11.3 Å². The van der Waals surface area contributed by atoms with Crippen molar-refractivity contribution in [1.82, 2.24) is 4.90 Å². The van der Waals surface area contributed by atoms with Crippen LogP contribution in [0.1, 0.15) is 39.2 Å². The van der Waals surface area contributed by atoms with Gasteiger partial charge in [0, 0.05) is 19.5 Å². The van der Waals surface area contributed by atoms with E-state index < -0.39 is 5.60 Å². The summed E-state index contributed by atoms with van der Waals surface area (Å²) < 4.78 is 11.2. The molecule has 0 spiro atoms. The lowest BCUT2D eigenvalue weighted by atomic mass is 10.0. The zero-order valence-corrected chi connectivity index (χ0v) is 17.9. The van der Waals surface area contributed by atoms with E-state index in [1.54, 1.807) is 19.2 Å². The summed E-state index contributed by atoms with van der Waals surface area (Å²) in [6, 6.07) is 16.8. The second-order valence-corrected chi connectivity index (χ2v) is 8.07. The van der Waals surface area contributed by atoms with Gasteiger partial charge in [0.1, 0.15) is 11.4 Å². The maximum absolute atomic E-state index is 12.1. The van der Waals surface area contributed by atoms with Crippen LogP contribution >= 0.6 is 0 Å². The highest BCUT2D eigenvalue weighted by Gasteiger charge is 2.22. The summed E-state index contributed by atoms with van der Waals surface area (Å²) in [4.78, 5) is 24.8. The zero-order chi connectivity index (χ0) is 22.1. The lowest BCUT2D eigenvalue weighted by molar-refractivity contribution is -0.156. The molecule has 1 amide bonds. The predicted octanol–water partition coefficient (Wildman–Crippen LogP) is 4.18. The van der Waals surface area contributed by atoms with Gasteiger partial charge >= 0.3 is 5.97 Å².